The molecule has 2 bridgehead atoms. The molecule has 0 saturated carbocycles. The third kappa shape index (κ3) is 3.74. The maximum absolute atomic E-state index is 12.9. The number of nitrogens with zero attached hydrogens (tertiary/aromatic N) is 2. The minimum atomic E-state index is -3.79. The van der Waals surface area contributed by atoms with E-state index in [0.717, 1.165) is 31.7 Å². The second-order valence-corrected chi connectivity index (χ2v) is 8.37. The average Bonchev–Trinajstić information content (AvgIpc) is 2.91. The standard InChI is InChI=1S/C15H21N3O5S.ClH/c1-17(12-7-10-3-4-11(8-12)16-10)24(21,22)13-5-6-15(23-2)14(9-13)18(19)20;/h5-6,9-12,16H,3-4,7-8H2,1-2H3;1H. The van der Waals surface area contributed by atoms with Crippen molar-refractivity contribution in [2.75, 3.05) is 14.2 Å². The number of ether oxygens (including phenoxy) is 1. The Morgan fingerprint density at radius 1 is 1.28 bits per heavy atom. The summed E-state index contributed by atoms with van der Waals surface area (Å²) in [5, 5.41) is 14.6. The van der Waals surface area contributed by atoms with Crippen molar-refractivity contribution in [2.45, 2.75) is 48.7 Å². The molecule has 2 aliphatic heterocycles. The number of hydrogen-bond acceptors (Lipinski definition) is 6. The fourth-order valence-electron chi connectivity index (χ4n) is 3.66. The molecule has 2 fully saturated rings. The van der Waals surface area contributed by atoms with E-state index in [1.54, 1.807) is 7.05 Å². The van der Waals surface area contributed by atoms with Gasteiger partial charge in [-0.15, -0.1) is 12.4 Å². The topological polar surface area (TPSA) is 102 Å². The zero-order valence-corrected chi connectivity index (χ0v) is 15.7. The SMILES string of the molecule is COc1ccc(S(=O)(=O)N(C)C2CC3CCC(C2)N3)cc1[N+](=O)[O-].Cl. The second-order valence-electron chi connectivity index (χ2n) is 6.38. The summed E-state index contributed by atoms with van der Waals surface area (Å²) in [6.45, 7) is 0. The molecule has 0 aromatic heterocycles. The number of halogens is 1. The first kappa shape index (κ1) is 19.9. The lowest BCUT2D eigenvalue weighted by molar-refractivity contribution is -0.386. The van der Waals surface area contributed by atoms with Crippen molar-refractivity contribution < 1.29 is 18.1 Å². The summed E-state index contributed by atoms with van der Waals surface area (Å²) in [4.78, 5) is 10.4. The van der Waals surface area contributed by atoms with Gasteiger partial charge in [0, 0.05) is 31.2 Å². The Balaban J connectivity index is 0.00000225. The van der Waals surface area contributed by atoms with E-state index in [1.807, 2.05) is 0 Å². The van der Waals surface area contributed by atoms with Crippen molar-refractivity contribution >= 4 is 28.1 Å². The number of hydrogen-bond donors (Lipinski definition) is 1. The van der Waals surface area contributed by atoms with Crippen LogP contribution in [0.1, 0.15) is 25.7 Å². The summed E-state index contributed by atoms with van der Waals surface area (Å²) >= 11 is 0. The lowest BCUT2D eigenvalue weighted by atomic mass is 10.0. The highest BCUT2D eigenvalue weighted by Gasteiger charge is 2.39. The van der Waals surface area contributed by atoms with Crippen molar-refractivity contribution in [1.29, 1.82) is 0 Å². The molecule has 0 aliphatic carbocycles. The predicted molar refractivity (Wildman–Crippen MR) is 94.8 cm³/mol. The molecule has 25 heavy (non-hydrogen) atoms. The third-order valence-corrected chi connectivity index (χ3v) is 6.89. The van der Waals surface area contributed by atoms with Crippen molar-refractivity contribution in [1.82, 2.24) is 9.62 Å². The molecule has 2 atom stereocenters. The van der Waals surface area contributed by atoms with Gasteiger partial charge in [-0.05, 0) is 37.8 Å². The predicted octanol–water partition coefficient (Wildman–Crippen LogP) is 1.93. The quantitative estimate of drug-likeness (QED) is 0.607. The molecule has 2 saturated heterocycles. The number of nitro benzene ring substituents is 1. The van der Waals surface area contributed by atoms with Crippen LogP contribution in [0.5, 0.6) is 5.75 Å². The Bertz CT molecular complexity index is 746. The van der Waals surface area contributed by atoms with E-state index in [-0.39, 0.29) is 34.8 Å². The largest absolute Gasteiger partial charge is 0.490 e. The first-order valence-corrected chi connectivity index (χ1v) is 9.33. The Labute approximate surface area is 153 Å². The lowest BCUT2D eigenvalue weighted by Gasteiger charge is -2.34. The number of rotatable bonds is 5. The van der Waals surface area contributed by atoms with Gasteiger partial charge in [-0.25, -0.2) is 8.42 Å². The van der Waals surface area contributed by atoms with Crippen molar-refractivity contribution in [3.05, 3.63) is 28.3 Å². The van der Waals surface area contributed by atoms with Gasteiger partial charge >= 0.3 is 5.69 Å². The van der Waals surface area contributed by atoms with Gasteiger partial charge in [0.05, 0.1) is 16.9 Å². The molecule has 1 N–H and O–H groups in total. The first-order valence-electron chi connectivity index (χ1n) is 7.89. The molecular formula is C15H22ClN3O5S. The fraction of sp³-hybridized carbons (Fsp3) is 0.600. The minimum absolute atomic E-state index is 0. The maximum atomic E-state index is 12.9. The number of methoxy groups -OCH3 is 1. The molecule has 2 aliphatic rings. The highest BCUT2D eigenvalue weighted by molar-refractivity contribution is 7.89. The van der Waals surface area contributed by atoms with Crippen LogP contribution in [-0.2, 0) is 10.0 Å². The monoisotopic (exact) mass is 391 g/mol. The normalized spacial score (nSPS) is 25.5. The highest BCUT2D eigenvalue weighted by Crippen LogP contribution is 2.34. The maximum Gasteiger partial charge on any atom is 0.312 e. The molecule has 0 amide bonds. The van der Waals surface area contributed by atoms with Crippen molar-refractivity contribution in [3.8, 4) is 5.75 Å². The number of sulfonamides is 1. The number of piperidine rings is 1. The second kappa shape index (κ2) is 7.45. The molecule has 0 spiro atoms. The fourth-order valence-corrected chi connectivity index (χ4v) is 5.06. The third-order valence-electron chi connectivity index (χ3n) is 4.99. The van der Waals surface area contributed by atoms with Crippen LogP contribution < -0.4 is 10.1 Å². The van der Waals surface area contributed by atoms with Crippen LogP contribution in [0.3, 0.4) is 0 Å². The summed E-state index contributed by atoms with van der Waals surface area (Å²) in [6, 6.07) is 4.38. The molecule has 10 heteroatoms. The summed E-state index contributed by atoms with van der Waals surface area (Å²) in [6.07, 6.45) is 3.68. The van der Waals surface area contributed by atoms with Crippen LogP contribution in [0, 0.1) is 10.1 Å². The summed E-state index contributed by atoms with van der Waals surface area (Å²) in [5.74, 6) is 0.0431. The van der Waals surface area contributed by atoms with Gasteiger partial charge in [0.1, 0.15) is 0 Å². The molecule has 140 valence electrons. The van der Waals surface area contributed by atoms with Crippen LogP contribution in [0.15, 0.2) is 23.1 Å². The first-order chi connectivity index (χ1) is 11.3. The zero-order chi connectivity index (χ0) is 17.5. The van der Waals surface area contributed by atoms with Gasteiger partial charge in [-0.1, -0.05) is 0 Å². The van der Waals surface area contributed by atoms with Crippen LogP contribution in [0.4, 0.5) is 5.69 Å². The smallest absolute Gasteiger partial charge is 0.312 e. The van der Waals surface area contributed by atoms with Crippen LogP contribution in [0.2, 0.25) is 0 Å². The van der Waals surface area contributed by atoms with Crippen LogP contribution >= 0.6 is 12.4 Å². The minimum Gasteiger partial charge on any atom is -0.490 e. The Hall–Kier alpha value is -1.42. The molecule has 3 rings (SSSR count). The number of fused-ring (bicyclic) bond motifs is 2. The number of nitrogens with one attached hydrogen (secondary N) is 1. The van der Waals surface area contributed by atoms with E-state index in [4.69, 9.17) is 4.74 Å². The van der Waals surface area contributed by atoms with Gasteiger partial charge in [-0.3, -0.25) is 10.1 Å². The van der Waals surface area contributed by atoms with E-state index in [9.17, 15) is 18.5 Å². The molecule has 2 heterocycles. The molecule has 2 unspecified atom stereocenters. The highest BCUT2D eigenvalue weighted by atomic mass is 35.5. The van der Waals surface area contributed by atoms with E-state index in [2.05, 4.69) is 5.32 Å². The number of benzene rings is 1. The van der Waals surface area contributed by atoms with E-state index < -0.39 is 14.9 Å². The molecule has 0 radical (unpaired) electrons. The number of nitro groups is 1. The summed E-state index contributed by atoms with van der Waals surface area (Å²) in [5.41, 5.74) is -0.350. The van der Waals surface area contributed by atoms with Crippen molar-refractivity contribution in [2.24, 2.45) is 0 Å². The van der Waals surface area contributed by atoms with E-state index in [1.165, 1.54) is 23.5 Å². The van der Waals surface area contributed by atoms with Gasteiger partial charge < -0.3 is 10.1 Å². The van der Waals surface area contributed by atoms with Gasteiger partial charge in [0.2, 0.25) is 10.0 Å². The Morgan fingerprint density at radius 3 is 2.40 bits per heavy atom. The molecule has 8 nitrogen and oxygen atoms in total. The van der Waals surface area contributed by atoms with Crippen LogP contribution in [-0.4, -0.2) is 49.9 Å². The summed E-state index contributed by atoms with van der Waals surface area (Å²) in [7, 11) is -0.924. The van der Waals surface area contributed by atoms with Crippen molar-refractivity contribution in [3.63, 3.8) is 0 Å². The van der Waals surface area contributed by atoms with Gasteiger partial charge in [0.15, 0.2) is 5.75 Å². The summed E-state index contributed by atoms with van der Waals surface area (Å²) < 4.78 is 32.1. The average molecular weight is 392 g/mol. The Kier molecular flexibility index (Phi) is 5.93. The van der Waals surface area contributed by atoms with E-state index in [0.29, 0.717) is 12.1 Å². The Morgan fingerprint density at radius 2 is 1.88 bits per heavy atom. The van der Waals surface area contributed by atoms with E-state index >= 15 is 0 Å². The molecule has 1 aromatic carbocycles. The van der Waals surface area contributed by atoms with Gasteiger partial charge in [0.25, 0.3) is 0 Å². The zero-order valence-electron chi connectivity index (χ0n) is 14.0. The van der Waals surface area contributed by atoms with Crippen LogP contribution in [0.25, 0.3) is 0 Å². The molecular weight excluding hydrogens is 370 g/mol. The van der Waals surface area contributed by atoms with Gasteiger partial charge in [-0.2, -0.15) is 4.31 Å². The molecule has 1 aromatic rings. The lowest BCUT2D eigenvalue weighted by Crippen LogP contribution is -2.48.